The SMILES string of the molecule is Cc1ccc(F)c(N2CC(C)NCC2C(C)C)c1. The molecule has 2 rings (SSSR count). The molecule has 0 amide bonds. The first-order valence-electron chi connectivity index (χ1n) is 6.75. The molecule has 1 fully saturated rings. The van der Waals surface area contributed by atoms with Gasteiger partial charge in [0.1, 0.15) is 5.82 Å². The van der Waals surface area contributed by atoms with Crippen LogP contribution < -0.4 is 10.2 Å². The summed E-state index contributed by atoms with van der Waals surface area (Å²) in [7, 11) is 0. The summed E-state index contributed by atoms with van der Waals surface area (Å²) in [6, 6.07) is 6.13. The van der Waals surface area contributed by atoms with E-state index in [1.54, 1.807) is 6.07 Å². The number of halogens is 1. The molecule has 2 atom stereocenters. The summed E-state index contributed by atoms with van der Waals surface area (Å²) in [5, 5.41) is 3.48. The van der Waals surface area contributed by atoms with Gasteiger partial charge in [-0.15, -0.1) is 0 Å². The highest BCUT2D eigenvalue weighted by molar-refractivity contribution is 5.51. The van der Waals surface area contributed by atoms with Crippen LogP contribution in [0.15, 0.2) is 18.2 Å². The van der Waals surface area contributed by atoms with Crippen molar-refractivity contribution in [3.8, 4) is 0 Å². The number of nitrogens with zero attached hydrogens (tertiary/aromatic N) is 1. The lowest BCUT2D eigenvalue weighted by Gasteiger charge is -2.43. The van der Waals surface area contributed by atoms with Crippen molar-refractivity contribution >= 4 is 5.69 Å². The van der Waals surface area contributed by atoms with Crippen molar-refractivity contribution in [2.24, 2.45) is 5.92 Å². The summed E-state index contributed by atoms with van der Waals surface area (Å²) < 4.78 is 14.1. The lowest BCUT2D eigenvalue weighted by Crippen LogP contribution is -2.57. The van der Waals surface area contributed by atoms with Crippen molar-refractivity contribution in [2.45, 2.75) is 39.8 Å². The number of hydrogen-bond acceptors (Lipinski definition) is 2. The number of benzene rings is 1. The molecule has 0 saturated carbocycles. The van der Waals surface area contributed by atoms with Crippen LogP contribution in [0.5, 0.6) is 0 Å². The van der Waals surface area contributed by atoms with Crippen molar-refractivity contribution in [3.63, 3.8) is 0 Å². The van der Waals surface area contributed by atoms with Crippen molar-refractivity contribution < 1.29 is 4.39 Å². The molecular formula is C15H23FN2. The zero-order valence-electron chi connectivity index (χ0n) is 11.7. The Balaban J connectivity index is 2.34. The van der Waals surface area contributed by atoms with Gasteiger partial charge < -0.3 is 10.2 Å². The van der Waals surface area contributed by atoms with Gasteiger partial charge in [-0.3, -0.25) is 0 Å². The minimum atomic E-state index is -0.111. The van der Waals surface area contributed by atoms with E-state index in [0.29, 0.717) is 18.0 Å². The number of aryl methyl sites for hydroxylation is 1. The number of rotatable bonds is 2. The molecule has 18 heavy (non-hydrogen) atoms. The molecule has 2 nitrogen and oxygen atoms in total. The third-order valence-electron chi connectivity index (χ3n) is 3.73. The number of anilines is 1. The molecule has 1 saturated heterocycles. The van der Waals surface area contributed by atoms with Gasteiger partial charge in [-0.05, 0) is 37.5 Å². The van der Waals surface area contributed by atoms with E-state index in [9.17, 15) is 4.39 Å². The van der Waals surface area contributed by atoms with E-state index >= 15 is 0 Å². The fourth-order valence-electron chi connectivity index (χ4n) is 2.64. The largest absolute Gasteiger partial charge is 0.363 e. The quantitative estimate of drug-likeness (QED) is 0.868. The molecular weight excluding hydrogens is 227 g/mol. The Kier molecular flexibility index (Phi) is 3.91. The zero-order valence-corrected chi connectivity index (χ0v) is 11.7. The van der Waals surface area contributed by atoms with Crippen molar-refractivity contribution in [2.75, 3.05) is 18.0 Å². The highest BCUT2D eigenvalue weighted by atomic mass is 19.1. The molecule has 0 aromatic heterocycles. The third-order valence-corrected chi connectivity index (χ3v) is 3.73. The summed E-state index contributed by atoms with van der Waals surface area (Å²) in [6.07, 6.45) is 0. The normalized spacial score (nSPS) is 24.7. The van der Waals surface area contributed by atoms with Crippen LogP contribution in [-0.4, -0.2) is 25.2 Å². The average molecular weight is 250 g/mol. The minimum absolute atomic E-state index is 0.111. The monoisotopic (exact) mass is 250 g/mol. The smallest absolute Gasteiger partial charge is 0.146 e. The summed E-state index contributed by atoms with van der Waals surface area (Å²) in [5.74, 6) is 0.394. The Labute approximate surface area is 109 Å². The molecule has 1 aromatic carbocycles. The first kappa shape index (κ1) is 13.3. The zero-order chi connectivity index (χ0) is 13.3. The van der Waals surface area contributed by atoms with Crippen molar-refractivity contribution in [1.82, 2.24) is 5.32 Å². The van der Waals surface area contributed by atoms with Crippen LogP contribution in [0, 0.1) is 18.7 Å². The van der Waals surface area contributed by atoms with Crippen LogP contribution >= 0.6 is 0 Å². The third kappa shape index (κ3) is 2.66. The van der Waals surface area contributed by atoms with Gasteiger partial charge in [0.05, 0.1) is 5.69 Å². The summed E-state index contributed by atoms with van der Waals surface area (Å²) in [4.78, 5) is 2.23. The van der Waals surface area contributed by atoms with Gasteiger partial charge in [0, 0.05) is 25.2 Å². The molecule has 2 unspecified atom stereocenters. The van der Waals surface area contributed by atoms with Crippen molar-refractivity contribution in [3.05, 3.63) is 29.6 Å². The van der Waals surface area contributed by atoms with Crippen LogP contribution in [-0.2, 0) is 0 Å². The van der Waals surface area contributed by atoms with E-state index in [2.05, 4.69) is 31.0 Å². The minimum Gasteiger partial charge on any atom is -0.363 e. The Hall–Kier alpha value is -1.09. The van der Waals surface area contributed by atoms with Gasteiger partial charge in [0.25, 0.3) is 0 Å². The van der Waals surface area contributed by atoms with Crippen LogP contribution in [0.2, 0.25) is 0 Å². The topological polar surface area (TPSA) is 15.3 Å². The van der Waals surface area contributed by atoms with E-state index in [1.807, 2.05) is 19.1 Å². The van der Waals surface area contributed by atoms with Crippen LogP contribution in [0.3, 0.4) is 0 Å². The van der Waals surface area contributed by atoms with Crippen LogP contribution in [0.4, 0.5) is 10.1 Å². The predicted octanol–water partition coefficient (Wildman–Crippen LogP) is 2.96. The number of hydrogen-bond donors (Lipinski definition) is 1. The van der Waals surface area contributed by atoms with Gasteiger partial charge >= 0.3 is 0 Å². The van der Waals surface area contributed by atoms with E-state index in [1.165, 1.54) is 0 Å². The standard InChI is InChI=1S/C15H23FN2/c1-10(2)15-8-17-12(4)9-18(15)14-7-11(3)5-6-13(14)16/h5-7,10,12,15,17H,8-9H2,1-4H3. The molecule has 1 aromatic rings. The molecule has 1 N–H and O–H groups in total. The van der Waals surface area contributed by atoms with Crippen molar-refractivity contribution in [1.29, 1.82) is 0 Å². The van der Waals surface area contributed by atoms with Gasteiger partial charge in [-0.1, -0.05) is 19.9 Å². The van der Waals surface area contributed by atoms with Gasteiger partial charge in [-0.2, -0.15) is 0 Å². The summed E-state index contributed by atoms with van der Waals surface area (Å²) in [6.45, 7) is 10.3. The molecule has 3 heteroatoms. The maximum Gasteiger partial charge on any atom is 0.146 e. The highest BCUT2D eigenvalue weighted by Crippen LogP contribution is 2.27. The lowest BCUT2D eigenvalue weighted by atomic mass is 9.97. The molecule has 1 heterocycles. The van der Waals surface area contributed by atoms with Crippen LogP contribution in [0.25, 0.3) is 0 Å². The van der Waals surface area contributed by atoms with E-state index < -0.39 is 0 Å². The Morgan fingerprint density at radius 3 is 2.78 bits per heavy atom. The molecule has 100 valence electrons. The Bertz CT molecular complexity index is 417. The first-order chi connectivity index (χ1) is 8.49. The Morgan fingerprint density at radius 1 is 1.39 bits per heavy atom. The first-order valence-corrected chi connectivity index (χ1v) is 6.75. The van der Waals surface area contributed by atoms with Gasteiger partial charge in [0.15, 0.2) is 0 Å². The fraction of sp³-hybridized carbons (Fsp3) is 0.600. The fourth-order valence-corrected chi connectivity index (χ4v) is 2.64. The van der Waals surface area contributed by atoms with E-state index in [0.717, 1.165) is 24.3 Å². The highest BCUT2D eigenvalue weighted by Gasteiger charge is 2.29. The van der Waals surface area contributed by atoms with Gasteiger partial charge in [0.2, 0.25) is 0 Å². The lowest BCUT2D eigenvalue weighted by molar-refractivity contribution is 0.346. The van der Waals surface area contributed by atoms with E-state index in [4.69, 9.17) is 0 Å². The van der Waals surface area contributed by atoms with Gasteiger partial charge in [-0.25, -0.2) is 4.39 Å². The maximum atomic E-state index is 14.1. The summed E-state index contributed by atoms with van der Waals surface area (Å²) >= 11 is 0. The molecule has 0 aliphatic carbocycles. The van der Waals surface area contributed by atoms with E-state index in [-0.39, 0.29) is 5.82 Å². The number of nitrogens with one attached hydrogen (secondary N) is 1. The Morgan fingerprint density at radius 2 is 2.11 bits per heavy atom. The molecule has 0 bridgehead atoms. The molecule has 1 aliphatic rings. The second-order valence-corrected chi connectivity index (χ2v) is 5.73. The molecule has 0 radical (unpaired) electrons. The van der Waals surface area contributed by atoms with Crippen LogP contribution in [0.1, 0.15) is 26.3 Å². The summed E-state index contributed by atoms with van der Waals surface area (Å²) in [5.41, 5.74) is 1.86. The average Bonchev–Trinajstić information content (AvgIpc) is 2.31. The second kappa shape index (κ2) is 5.27. The molecule has 1 aliphatic heterocycles. The number of piperazine rings is 1. The predicted molar refractivity (Wildman–Crippen MR) is 74.6 cm³/mol. The second-order valence-electron chi connectivity index (χ2n) is 5.73. The molecule has 0 spiro atoms. The maximum absolute atomic E-state index is 14.1.